The van der Waals surface area contributed by atoms with Crippen LogP contribution >= 0.6 is 0 Å². The van der Waals surface area contributed by atoms with Crippen LogP contribution in [0.3, 0.4) is 0 Å². The number of sulfonamides is 1. The molecule has 10 heteroatoms. The molecule has 0 saturated heterocycles. The Hall–Kier alpha value is -2.30. The van der Waals surface area contributed by atoms with Gasteiger partial charge in [0.15, 0.2) is 0 Å². The van der Waals surface area contributed by atoms with Gasteiger partial charge in [-0.05, 0) is 19.1 Å². The van der Waals surface area contributed by atoms with Crippen LogP contribution in [-0.4, -0.2) is 67.8 Å². The molecule has 1 heterocycles. The largest absolute Gasteiger partial charge is 0.480 e. The molecule has 1 atom stereocenters. The number of carboxylic acids is 1. The normalized spacial score (nSPS) is 15.3. The average molecular weight is 370 g/mol. The summed E-state index contributed by atoms with van der Waals surface area (Å²) in [5.74, 6) is -2.52. The quantitative estimate of drug-likeness (QED) is 0.450. The second-order valence-corrected chi connectivity index (χ2v) is 7.29. The molecule has 1 aromatic carbocycles. The number of benzene rings is 1. The molecule has 2 rings (SSSR count). The topological polar surface area (TPSA) is 130 Å². The summed E-state index contributed by atoms with van der Waals surface area (Å²) < 4.78 is 30.4. The lowest BCUT2D eigenvalue weighted by molar-refractivity contribution is -0.138. The van der Waals surface area contributed by atoms with Gasteiger partial charge in [0.2, 0.25) is 10.0 Å². The van der Waals surface area contributed by atoms with Crippen molar-refractivity contribution in [3.63, 3.8) is 0 Å². The minimum atomic E-state index is -3.79. The van der Waals surface area contributed by atoms with E-state index in [9.17, 15) is 22.8 Å². The van der Waals surface area contributed by atoms with Gasteiger partial charge < -0.3 is 9.84 Å². The second kappa shape index (κ2) is 7.72. The maximum atomic E-state index is 12.1. The van der Waals surface area contributed by atoms with Gasteiger partial charge in [-0.15, -0.1) is 0 Å². The summed E-state index contributed by atoms with van der Waals surface area (Å²) in [5, 5.41) is 8.67. The maximum absolute atomic E-state index is 12.1. The summed E-state index contributed by atoms with van der Waals surface area (Å²) in [6, 6.07) is 5.24. The van der Waals surface area contributed by atoms with Gasteiger partial charge in [-0.1, -0.05) is 12.1 Å². The van der Waals surface area contributed by atoms with Crippen LogP contribution in [0.1, 0.15) is 27.6 Å². The van der Waals surface area contributed by atoms with E-state index in [1.165, 1.54) is 6.92 Å². The predicted molar refractivity (Wildman–Crippen MR) is 86.6 cm³/mol. The van der Waals surface area contributed by atoms with E-state index in [0.717, 1.165) is 4.90 Å². The van der Waals surface area contributed by atoms with E-state index >= 15 is 0 Å². The highest BCUT2D eigenvalue weighted by atomic mass is 32.2. The molecular weight excluding hydrogens is 352 g/mol. The molecule has 0 fully saturated rings. The Balaban J connectivity index is 1.76. The van der Waals surface area contributed by atoms with Crippen molar-refractivity contribution in [1.29, 1.82) is 0 Å². The first-order chi connectivity index (χ1) is 11.7. The maximum Gasteiger partial charge on any atom is 0.321 e. The number of fused-ring (bicyclic) bond motifs is 1. The van der Waals surface area contributed by atoms with Crippen LogP contribution in [0.15, 0.2) is 24.3 Å². The van der Waals surface area contributed by atoms with E-state index in [0.29, 0.717) is 11.1 Å². The minimum Gasteiger partial charge on any atom is -0.480 e. The van der Waals surface area contributed by atoms with Crippen LogP contribution in [0.5, 0.6) is 0 Å². The fourth-order valence-electron chi connectivity index (χ4n) is 2.25. The highest BCUT2D eigenvalue weighted by molar-refractivity contribution is 7.89. The standard InChI is InChI=1S/C15H18N2O7S/c1-10(15(20)21)16-25(22,23)9-8-24-7-6-17-13(18)11-4-2-3-5-12(11)14(17)19/h2-5,10,16H,6-9H2,1H3,(H,20,21)/t10-/m1/s1. The third kappa shape index (κ3) is 4.62. The molecule has 0 radical (unpaired) electrons. The van der Waals surface area contributed by atoms with Gasteiger partial charge in [-0.25, -0.2) is 13.1 Å². The lowest BCUT2D eigenvalue weighted by Crippen LogP contribution is -2.40. The molecule has 2 amide bonds. The fraction of sp³-hybridized carbons (Fsp3) is 0.400. The number of ether oxygens (including phenoxy) is 1. The summed E-state index contributed by atoms with van der Waals surface area (Å²) in [5.41, 5.74) is 0.670. The molecule has 0 unspecified atom stereocenters. The highest BCUT2D eigenvalue weighted by Crippen LogP contribution is 2.21. The van der Waals surface area contributed by atoms with Crippen molar-refractivity contribution in [2.45, 2.75) is 13.0 Å². The third-order valence-corrected chi connectivity index (χ3v) is 4.98. The molecule has 0 bridgehead atoms. The predicted octanol–water partition coefficient (Wildman–Crippen LogP) is -0.308. The number of rotatable bonds is 9. The van der Waals surface area contributed by atoms with Gasteiger partial charge in [-0.3, -0.25) is 19.3 Å². The number of nitrogens with zero attached hydrogens (tertiary/aromatic N) is 1. The van der Waals surface area contributed by atoms with Gasteiger partial charge >= 0.3 is 5.97 Å². The van der Waals surface area contributed by atoms with Crippen LogP contribution in [0.4, 0.5) is 0 Å². The number of hydrogen-bond donors (Lipinski definition) is 2. The van der Waals surface area contributed by atoms with E-state index in [4.69, 9.17) is 9.84 Å². The van der Waals surface area contributed by atoms with Gasteiger partial charge in [-0.2, -0.15) is 0 Å². The number of carboxylic acid groups (broad SMARTS) is 1. The zero-order valence-electron chi connectivity index (χ0n) is 13.5. The van der Waals surface area contributed by atoms with E-state index in [-0.39, 0.29) is 19.8 Å². The Labute approximate surface area is 144 Å². The van der Waals surface area contributed by atoms with Crippen molar-refractivity contribution >= 4 is 27.8 Å². The number of nitrogens with one attached hydrogen (secondary N) is 1. The molecule has 0 aliphatic carbocycles. The van der Waals surface area contributed by atoms with Gasteiger partial charge in [0.1, 0.15) is 6.04 Å². The zero-order chi connectivity index (χ0) is 18.6. The van der Waals surface area contributed by atoms with Crippen molar-refractivity contribution in [2.75, 3.05) is 25.5 Å². The molecule has 136 valence electrons. The fourth-order valence-corrected chi connectivity index (χ4v) is 3.34. The van der Waals surface area contributed by atoms with Crippen LogP contribution < -0.4 is 4.72 Å². The number of carbonyl (C=O) groups is 3. The Kier molecular flexibility index (Phi) is 5.88. The molecule has 1 aromatic rings. The molecule has 1 aliphatic heterocycles. The van der Waals surface area contributed by atoms with Crippen molar-refractivity contribution in [3.8, 4) is 0 Å². The minimum absolute atomic E-state index is 0.00531. The molecule has 0 aromatic heterocycles. The van der Waals surface area contributed by atoms with E-state index in [1.807, 2.05) is 4.72 Å². The first-order valence-electron chi connectivity index (χ1n) is 7.48. The average Bonchev–Trinajstić information content (AvgIpc) is 2.79. The van der Waals surface area contributed by atoms with Crippen molar-refractivity contribution < 1.29 is 32.6 Å². The van der Waals surface area contributed by atoms with Crippen LogP contribution in [0, 0.1) is 0 Å². The summed E-state index contributed by atoms with van der Waals surface area (Å²) >= 11 is 0. The monoisotopic (exact) mass is 370 g/mol. The Morgan fingerprint density at radius 3 is 2.28 bits per heavy atom. The summed E-state index contributed by atoms with van der Waals surface area (Å²) in [7, 11) is -3.79. The number of hydrogen-bond acceptors (Lipinski definition) is 6. The first-order valence-corrected chi connectivity index (χ1v) is 9.14. The van der Waals surface area contributed by atoms with E-state index in [1.54, 1.807) is 24.3 Å². The third-order valence-electron chi connectivity index (χ3n) is 3.56. The molecule has 0 saturated carbocycles. The Morgan fingerprint density at radius 1 is 1.20 bits per heavy atom. The SMILES string of the molecule is C[C@@H](NS(=O)(=O)CCOCCN1C(=O)c2ccccc2C1=O)C(=O)O. The smallest absolute Gasteiger partial charge is 0.321 e. The van der Waals surface area contributed by atoms with Crippen molar-refractivity contribution in [1.82, 2.24) is 9.62 Å². The van der Waals surface area contributed by atoms with E-state index < -0.39 is 39.6 Å². The Morgan fingerprint density at radius 2 is 1.76 bits per heavy atom. The number of imide groups is 1. The lowest BCUT2D eigenvalue weighted by Gasteiger charge is -2.14. The summed E-state index contributed by atoms with van der Waals surface area (Å²) in [6.07, 6.45) is 0. The van der Waals surface area contributed by atoms with Gasteiger partial charge in [0.25, 0.3) is 11.8 Å². The van der Waals surface area contributed by atoms with Gasteiger partial charge in [0, 0.05) is 0 Å². The summed E-state index contributed by atoms with van der Waals surface area (Å²) in [4.78, 5) is 35.9. The highest BCUT2D eigenvalue weighted by Gasteiger charge is 2.34. The Bertz CT molecular complexity index is 756. The van der Waals surface area contributed by atoms with E-state index in [2.05, 4.69) is 0 Å². The molecule has 1 aliphatic rings. The summed E-state index contributed by atoms with van der Waals surface area (Å²) in [6.45, 7) is 1.01. The van der Waals surface area contributed by atoms with Crippen LogP contribution in [-0.2, 0) is 19.6 Å². The van der Waals surface area contributed by atoms with Crippen molar-refractivity contribution in [2.24, 2.45) is 0 Å². The molecule has 25 heavy (non-hydrogen) atoms. The van der Waals surface area contributed by atoms with Crippen LogP contribution in [0.2, 0.25) is 0 Å². The number of carbonyl (C=O) groups excluding carboxylic acids is 2. The zero-order valence-corrected chi connectivity index (χ0v) is 14.3. The van der Waals surface area contributed by atoms with Crippen LogP contribution in [0.25, 0.3) is 0 Å². The first kappa shape index (κ1) is 19.0. The number of aliphatic carboxylic acids is 1. The second-order valence-electron chi connectivity index (χ2n) is 5.42. The van der Waals surface area contributed by atoms with Crippen molar-refractivity contribution in [3.05, 3.63) is 35.4 Å². The lowest BCUT2D eigenvalue weighted by atomic mass is 10.1. The molecular formula is C15H18N2O7S. The molecule has 2 N–H and O–H groups in total. The number of amides is 2. The molecule has 9 nitrogen and oxygen atoms in total. The molecule has 0 spiro atoms. The van der Waals surface area contributed by atoms with Gasteiger partial charge in [0.05, 0.1) is 36.6 Å².